The monoisotopic (exact) mass is 361 g/mol. The highest BCUT2D eigenvalue weighted by molar-refractivity contribution is 5.76. The van der Waals surface area contributed by atoms with Crippen molar-refractivity contribution in [2.24, 2.45) is 5.92 Å². The van der Waals surface area contributed by atoms with Gasteiger partial charge in [0.05, 0.1) is 0 Å². The van der Waals surface area contributed by atoms with Crippen LogP contribution in [0.2, 0.25) is 0 Å². The average Bonchev–Trinajstić information content (AvgIpc) is 2.55. The molecular formula is C24H43NO. The van der Waals surface area contributed by atoms with E-state index in [9.17, 15) is 4.79 Å². The van der Waals surface area contributed by atoms with Crippen molar-refractivity contribution >= 4 is 5.91 Å². The zero-order valence-electron chi connectivity index (χ0n) is 18.5. The van der Waals surface area contributed by atoms with Gasteiger partial charge >= 0.3 is 0 Å². The molecule has 1 atom stereocenters. The molecular weight excluding hydrogens is 318 g/mol. The van der Waals surface area contributed by atoms with Crippen LogP contribution in [0.3, 0.4) is 0 Å². The van der Waals surface area contributed by atoms with Gasteiger partial charge in [0.15, 0.2) is 0 Å². The molecule has 0 N–H and O–H groups in total. The second kappa shape index (κ2) is 14.8. The SMILES string of the molecule is CCN(CC)C(=O)CC(C)CCC=C(C)CCC=C(C)CCC=C(C)C. The van der Waals surface area contributed by atoms with Gasteiger partial charge in [0.2, 0.25) is 5.91 Å². The Balaban J connectivity index is 4.07. The highest BCUT2D eigenvalue weighted by Crippen LogP contribution is 2.16. The molecule has 26 heavy (non-hydrogen) atoms. The van der Waals surface area contributed by atoms with Gasteiger partial charge in [0, 0.05) is 19.5 Å². The van der Waals surface area contributed by atoms with E-state index >= 15 is 0 Å². The molecule has 0 radical (unpaired) electrons. The van der Waals surface area contributed by atoms with Crippen LogP contribution in [0.5, 0.6) is 0 Å². The number of amides is 1. The standard InChI is InChI=1S/C24H43NO/c1-8-25(9-2)24(26)19-23(7)18-12-17-22(6)16-11-15-21(5)14-10-13-20(3)4/h13,15,17,23H,8-12,14,16,18-19H2,1-7H3. The summed E-state index contributed by atoms with van der Waals surface area (Å²) in [7, 11) is 0. The highest BCUT2D eigenvalue weighted by atomic mass is 16.2. The summed E-state index contributed by atoms with van der Waals surface area (Å²) in [6, 6.07) is 0. The van der Waals surface area contributed by atoms with E-state index in [0.717, 1.165) is 45.2 Å². The van der Waals surface area contributed by atoms with Crippen LogP contribution in [0, 0.1) is 5.92 Å². The lowest BCUT2D eigenvalue weighted by molar-refractivity contribution is -0.131. The third-order valence-electron chi connectivity index (χ3n) is 4.91. The first-order valence-corrected chi connectivity index (χ1v) is 10.5. The van der Waals surface area contributed by atoms with Crippen LogP contribution in [0.15, 0.2) is 34.9 Å². The van der Waals surface area contributed by atoms with Gasteiger partial charge in [-0.05, 0) is 86.0 Å². The van der Waals surface area contributed by atoms with Gasteiger partial charge in [-0.2, -0.15) is 0 Å². The molecule has 0 spiro atoms. The molecule has 0 aromatic heterocycles. The second-order valence-electron chi connectivity index (χ2n) is 7.91. The molecule has 1 unspecified atom stereocenters. The summed E-state index contributed by atoms with van der Waals surface area (Å²) in [5.74, 6) is 0.765. The van der Waals surface area contributed by atoms with Gasteiger partial charge in [-0.3, -0.25) is 4.79 Å². The van der Waals surface area contributed by atoms with Crippen LogP contribution in [-0.4, -0.2) is 23.9 Å². The summed E-state index contributed by atoms with van der Waals surface area (Å²) >= 11 is 0. The van der Waals surface area contributed by atoms with Crippen LogP contribution in [0.1, 0.15) is 93.4 Å². The van der Waals surface area contributed by atoms with Crippen molar-refractivity contribution in [2.75, 3.05) is 13.1 Å². The molecule has 1 amide bonds. The second-order valence-corrected chi connectivity index (χ2v) is 7.91. The first kappa shape index (κ1) is 24.7. The van der Waals surface area contributed by atoms with Crippen LogP contribution < -0.4 is 0 Å². The third kappa shape index (κ3) is 13.0. The van der Waals surface area contributed by atoms with Crippen molar-refractivity contribution in [3.05, 3.63) is 34.9 Å². The minimum absolute atomic E-state index is 0.303. The van der Waals surface area contributed by atoms with E-state index in [1.165, 1.54) is 23.1 Å². The van der Waals surface area contributed by atoms with Gasteiger partial charge in [-0.1, -0.05) is 41.9 Å². The maximum Gasteiger partial charge on any atom is 0.222 e. The molecule has 0 saturated heterocycles. The topological polar surface area (TPSA) is 20.3 Å². The van der Waals surface area contributed by atoms with Crippen molar-refractivity contribution in [3.8, 4) is 0 Å². The van der Waals surface area contributed by atoms with E-state index < -0.39 is 0 Å². The fraction of sp³-hybridized carbons (Fsp3) is 0.708. The molecule has 0 aliphatic heterocycles. The van der Waals surface area contributed by atoms with Crippen LogP contribution in [-0.2, 0) is 4.79 Å². The van der Waals surface area contributed by atoms with Crippen LogP contribution in [0.4, 0.5) is 0 Å². The number of hydrogen-bond acceptors (Lipinski definition) is 1. The van der Waals surface area contributed by atoms with E-state index in [1.807, 2.05) is 4.90 Å². The molecule has 150 valence electrons. The minimum atomic E-state index is 0.303. The molecule has 0 aromatic carbocycles. The summed E-state index contributed by atoms with van der Waals surface area (Å²) in [6.45, 7) is 16.7. The first-order valence-electron chi connectivity index (χ1n) is 10.5. The molecule has 0 heterocycles. The van der Waals surface area contributed by atoms with Crippen molar-refractivity contribution < 1.29 is 4.79 Å². The number of rotatable bonds is 13. The maximum atomic E-state index is 12.1. The smallest absolute Gasteiger partial charge is 0.222 e. The lowest BCUT2D eigenvalue weighted by Crippen LogP contribution is -2.31. The molecule has 2 heteroatoms. The summed E-state index contributed by atoms with van der Waals surface area (Å²) in [5.41, 5.74) is 4.38. The Labute approximate surface area is 163 Å². The Morgan fingerprint density at radius 3 is 1.85 bits per heavy atom. The van der Waals surface area contributed by atoms with Gasteiger partial charge in [-0.15, -0.1) is 0 Å². The van der Waals surface area contributed by atoms with Gasteiger partial charge in [0.1, 0.15) is 0 Å². The third-order valence-corrected chi connectivity index (χ3v) is 4.91. The average molecular weight is 362 g/mol. The number of carbonyl (C=O) groups excluding carboxylic acids is 1. The fourth-order valence-electron chi connectivity index (χ4n) is 3.06. The van der Waals surface area contributed by atoms with Crippen LogP contribution >= 0.6 is 0 Å². The summed E-state index contributed by atoms with van der Waals surface area (Å²) in [4.78, 5) is 14.1. The highest BCUT2D eigenvalue weighted by Gasteiger charge is 2.13. The van der Waals surface area contributed by atoms with E-state index in [2.05, 4.69) is 66.7 Å². The fourth-order valence-corrected chi connectivity index (χ4v) is 3.06. The predicted molar refractivity (Wildman–Crippen MR) is 116 cm³/mol. The van der Waals surface area contributed by atoms with Crippen molar-refractivity contribution in [2.45, 2.75) is 93.4 Å². The number of carbonyl (C=O) groups is 1. The normalized spacial score (nSPS) is 13.5. The maximum absolute atomic E-state index is 12.1. The lowest BCUT2D eigenvalue weighted by Gasteiger charge is -2.20. The quantitative estimate of drug-likeness (QED) is 0.321. The largest absolute Gasteiger partial charge is 0.343 e. The summed E-state index contributed by atoms with van der Waals surface area (Å²) in [6.07, 6.45) is 14.5. The predicted octanol–water partition coefficient (Wildman–Crippen LogP) is 7.08. The summed E-state index contributed by atoms with van der Waals surface area (Å²) < 4.78 is 0. The van der Waals surface area contributed by atoms with Crippen LogP contribution in [0.25, 0.3) is 0 Å². The Kier molecular flexibility index (Phi) is 14.1. The Hall–Kier alpha value is -1.31. The molecule has 0 fully saturated rings. The molecule has 2 nitrogen and oxygen atoms in total. The Morgan fingerprint density at radius 1 is 0.846 bits per heavy atom. The number of hydrogen-bond donors (Lipinski definition) is 0. The van der Waals surface area contributed by atoms with E-state index in [-0.39, 0.29) is 0 Å². The molecule has 0 rings (SSSR count). The molecule has 0 saturated carbocycles. The number of allylic oxidation sites excluding steroid dienone is 6. The van der Waals surface area contributed by atoms with Gasteiger partial charge in [0.25, 0.3) is 0 Å². The first-order chi connectivity index (χ1) is 12.3. The summed E-state index contributed by atoms with van der Waals surface area (Å²) in [5, 5.41) is 0. The van der Waals surface area contributed by atoms with E-state index in [1.54, 1.807) is 0 Å². The van der Waals surface area contributed by atoms with Crippen molar-refractivity contribution in [1.82, 2.24) is 4.90 Å². The number of nitrogens with zero attached hydrogens (tertiary/aromatic N) is 1. The zero-order chi connectivity index (χ0) is 19.9. The molecule has 0 aliphatic rings. The van der Waals surface area contributed by atoms with Gasteiger partial charge < -0.3 is 4.90 Å². The zero-order valence-corrected chi connectivity index (χ0v) is 18.5. The van der Waals surface area contributed by atoms with Gasteiger partial charge in [-0.25, -0.2) is 0 Å². The van der Waals surface area contributed by atoms with Crippen molar-refractivity contribution in [3.63, 3.8) is 0 Å². The van der Waals surface area contributed by atoms with E-state index in [0.29, 0.717) is 18.2 Å². The van der Waals surface area contributed by atoms with Crippen molar-refractivity contribution in [1.29, 1.82) is 0 Å². The Morgan fingerprint density at radius 2 is 1.35 bits per heavy atom. The van der Waals surface area contributed by atoms with E-state index in [4.69, 9.17) is 0 Å². The Bertz CT molecular complexity index is 476. The molecule has 0 aromatic rings. The molecule has 0 bridgehead atoms. The lowest BCUT2D eigenvalue weighted by atomic mass is 9.99. The minimum Gasteiger partial charge on any atom is -0.343 e. The molecule has 0 aliphatic carbocycles.